The summed E-state index contributed by atoms with van der Waals surface area (Å²) in [5.41, 5.74) is -0.0853. The van der Waals surface area contributed by atoms with Crippen molar-refractivity contribution in [3.8, 4) is 0 Å². The molecule has 2 atom stereocenters. The lowest BCUT2D eigenvalue weighted by molar-refractivity contribution is -0.130. The van der Waals surface area contributed by atoms with Crippen LogP contribution in [0.3, 0.4) is 0 Å². The van der Waals surface area contributed by atoms with Crippen molar-refractivity contribution >= 4 is 21.8 Å². The van der Waals surface area contributed by atoms with Crippen LogP contribution in [-0.4, -0.2) is 30.0 Å². The van der Waals surface area contributed by atoms with Gasteiger partial charge in [0.25, 0.3) is 0 Å². The molecule has 1 aliphatic heterocycles. The Labute approximate surface area is 106 Å². The Morgan fingerprint density at radius 1 is 1.62 bits per heavy atom. The molecule has 0 saturated carbocycles. The first kappa shape index (κ1) is 14.0. The fraction of sp³-hybridized carbons (Fsp3) is 0.917. The van der Waals surface area contributed by atoms with E-state index in [1.807, 2.05) is 0 Å². The van der Waals surface area contributed by atoms with Crippen molar-refractivity contribution in [3.63, 3.8) is 0 Å². The number of nitrogens with one attached hydrogen (secondary N) is 1. The third kappa shape index (κ3) is 4.06. The van der Waals surface area contributed by atoms with Crippen LogP contribution in [-0.2, 0) is 9.53 Å². The second-order valence-electron chi connectivity index (χ2n) is 4.76. The third-order valence-corrected chi connectivity index (χ3v) is 3.78. The van der Waals surface area contributed by atoms with Crippen LogP contribution in [0.1, 0.15) is 39.5 Å². The molecule has 1 rings (SSSR count). The first-order valence-electron chi connectivity index (χ1n) is 6.07. The Balaban J connectivity index is 2.47. The van der Waals surface area contributed by atoms with Crippen LogP contribution in [0.25, 0.3) is 0 Å². The molecule has 1 saturated heterocycles. The fourth-order valence-electron chi connectivity index (χ4n) is 1.88. The van der Waals surface area contributed by atoms with Gasteiger partial charge >= 0.3 is 0 Å². The monoisotopic (exact) mass is 291 g/mol. The SMILES string of the molecule is CCC(C)(CCBr)NC(=O)C1CCCOC1. The van der Waals surface area contributed by atoms with E-state index in [-0.39, 0.29) is 17.4 Å². The predicted octanol–water partition coefficient (Wildman–Crippen LogP) is 2.48. The van der Waals surface area contributed by atoms with Gasteiger partial charge in [0.15, 0.2) is 0 Å². The van der Waals surface area contributed by atoms with E-state index in [1.54, 1.807) is 0 Å². The van der Waals surface area contributed by atoms with Gasteiger partial charge in [-0.15, -0.1) is 0 Å². The summed E-state index contributed by atoms with van der Waals surface area (Å²) < 4.78 is 5.34. The lowest BCUT2D eigenvalue weighted by Gasteiger charge is -2.32. The molecule has 1 N–H and O–H groups in total. The average molecular weight is 292 g/mol. The average Bonchev–Trinajstić information content (AvgIpc) is 2.30. The van der Waals surface area contributed by atoms with Crippen LogP contribution in [0, 0.1) is 5.92 Å². The number of alkyl halides is 1. The van der Waals surface area contributed by atoms with Gasteiger partial charge in [0, 0.05) is 17.5 Å². The van der Waals surface area contributed by atoms with Crippen LogP contribution >= 0.6 is 15.9 Å². The Morgan fingerprint density at radius 2 is 2.38 bits per heavy atom. The Hall–Kier alpha value is -0.0900. The van der Waals surface area contributed by atoms with Crippen molar-refractivity contribution in [1.29, 1.82) is 0 Å². The number of halogens is 1. The summed E-state index contributed by atoms with van der Waals surface area (Å²) in [5, 5.41) is 4.08. The highest BCUT2D eigenvalue weighted by Crippen LogP contribution is 2.19. The van der Waals surface area contributed by atoms with Gasteiger partial charge in [0.2, 0.25) is 5.91 Å². The number of carbonyl (C=O) groups is 1. The summed E-state index contributed by atoms with van der Waals surface area (Å²) in [7, 11) is 0. The number of carbonyl (C=O) groups excluding carboxylic acids is 1. The minimum atomic E-state index is -0.0853. The van der Waals surface area contributed by atoms with Crippen molar-refractivity contribution < 1.29 is 9.53 Å². The molecule has 4 heteroatoms. The fourth-order valence-corrected chi connectivity index (χ4v) is 2.76. The maximum atomic E-state index is 12.0. The van der Waals surface area contributed by atoms with Crippen LogP contribution in [0.4, 0.5) is 0 Å². The molecule has 1 heterocycles. The molecule has 16 heavy (non-hydrogen) atoms. The summed E-state index contributed by atoms with van der Waals surface area (Å²) >= 11 is 3.44. The van der Waals surface area contributed by atoms with Crippen LogP contribution in [0.15, 0.2) is 0 Å². The van der Waals surface area contributed by atoms with E-state index in [2.05, 4.69) is 35.1 Å². The van der Waals surface area contributed by atoms with E-state index in [4.69, 9.17) is 4.74 Å². The van der Waals surface area contributed by atoms with E-state index in [1.165, 1.54) is 0 Å². The Kier molecular flexibility index (Phi) is 5.76. The first-order valence-corrected chi connectivity index (χ1v) is 7.19. The largest absolute Gasteiger partial charge is 0.381 e. The Bertz CT molecular complexity index is 229. The summed E-state index contributed by atoms with van der Waals surface area (Å²) in [5.74, 6) is 0.208. The van der Waals surface area contributed by atoms with Crippen molar-refractivity contribution in [2.45, 2.75) is 45.1 Å². The molecular weight excluding hydrogens is 270 g/mol. The highest BCUT2D eigenvalue weighted by molar-refractivity contribution is 9.09. The molecule has 0 aliphatic carbocycles. The highest BCUT2D eigenvalue weighted by atomic mass is 79.9. The van der Waals surface area contributed by atoms with E-state index < -0.39 is 0 Å². The molecule has 0 radical (unpaired) electrons. The molecule has 94 valence electrons. The number of amides is 1. The molecule has 0 spiro atoms. The van der Waals surface area contributed by atoms with Crippen molar-refractivity contribution in [2.24, 2.45) is 5.92 Å². The maximum absolute atomic E-state index is 12.0. The van der Waals surface area contributed by atoms with E-state index >= 15 is 0 Å². The highest BCUT2D eigenvalue weighted by Gasteiger charge is 2.28. The zero-order valence-corrected chi connectivity index (χ0v) is 11.8. The molecule has 1 amide bonds. The maximum Gasteiger partial charge on any atom is 0.225 e. The van der Waals surface area contributed by atoms with E-state index in [0.29, 0.717) is 6.61 Å². The smallest absolute Gasteiger partial charge is 0.225 e. The van der Waals surface area contributed by atoms with Gasteiger partial charge in [0.1, 0.15) is 0 Å². The summed E-state index contributed by atoms with van der Waals surface area (Å²) in [4.78, 5) is 12.0. The lowest BCUT2D eigenvalue weighted by atomic mass is 9.93. The number of hydrogen-bond acceptors (Lipinski definition) is 2. The molecule has 0 aromatic heterocycles. The van der Waals surface area contributed by atoms with E-state index in [9.17, 15) is 4.79 Å². The molecule has 3 nitrogen and oxygen atoms in total. The number of ether oxygens (including phenoxy) is 1. The van der Waals surface area contributed by atoms with Crippen LogP contribution in [0.2, 0.25) is 0 Å². The van der Waals surface area contributed by atoms with Crippen molar-refractivity contribution in [3.05, 3.63) is 0 Å². The van der Waals surface area contributed by atoms with Gasteiger partial charge in [-0.2, -0.15) is 0 Å². The quantitative estimate of drug-likeness (QED) is 0.791. The van der Waals surface area contributed by atoms with Crippen LogP contribution in [0.5, 0.6) is 0 Å². The van der Waals surface area contributed by atoms with E-state index in [0.717, 1.165) is 37.6 Å². The first-order chi connectivity index (χ1) is 7.61. The molecule has 0 aromatic carbocycles. The molecular formula is C12H22BrNO2. The zero-order chi connectivity index (χ0) is 12.0. The normalized spacial score (nSPS) is 24.8. The molecule has 0 bridgehead atoms. The molecule has 0 aromatic rings. The number of rotatable bonds is 5. The minimum Gasteiger partial charge on any atom is -0.381 e. The molecule has 1 fully saturated rings. The topological polar surface area (TPSA) is 38.3 Å². The van der Waals surface area contributed by atoms with Gasteiger partial charge < -0.3 is 10.1 Å². The molecule has 1 aliphatic rings. The van der Waals surface area contributed by atoms with Gasteiger partial charge in [-0.25, -0.2) is 0 Å². The van der Waals surface area contributed by atoms with Gasteiger partial charge in [-0.05, 0) is 32.6 Å². The summed E-state index contributed by atoms with van der Waals surface area (Å²) in [6.07, 6.45) is 3.88. The second-order valence-corrected chi connectivity index (χ2v) is 5.55. The van der Waals surface area contributed by atoms with Gasteiger partial charge in [0.05, 0.1) is 12.5 Å². The molecule has 2 unspecified atom stereocenters. The van der Waals surface area contributed by atoms with Crippen molar-refractivity contribution in [1.82, 2.24) is 5.32 Å². The summed E-state index contributed by atoms with van der Waals surface area (Å²) in [6, 6.07) is 0. The minimum absolute atomic E-state index is 0.0509. The van der Waals surface area contributed by atoms with Gasteiger partial charge in [-0.3, -0.25) is 4.79 Å². The Morgan fingerprint density at radius 3 is 2.88 bits per heavy atom. The van der Waals surface area contributed by atoms with Crippen LogP contribution < -0.4 is 5.32 Å². The second kappa shape index (κ2) is 6.60. The number of hydrogen-bond donors (Lipinski definition) is 1. The summed E-state index contributed by atoms with van der Waals surface area (Å²) in [6.45, 7) is 5.60. The third-order valence-electron chi connectivity index (χ3n) is 3.38. The van der Waals surface area contributed by atoms with Crippen molar-refractivity contribution in [2.75, 3.05) is 18.5 Å². The zero-order valence-electron chi connectivity index (χ0n) is 10.2. The standard InChI is InChI=1S/C12H22BrNO2/c1-3-12(2,6-7-13)14-11(15)10-5-4-8-16-9-10/h10H,3-9H2,1-2H3,(H,14,15). The lowest BCUT2D eigenvalue weighted by Crippen LogP contribution is -2.49. The predicted molar refractivity (Wildman–Crippen MR) is 68.8 cm³/mol. The van der Waals surface area contributed by atoms with Gasteiger partial charge in [-0.1, -0.05) is 22.9 Å².